The Morgan fingerprint density at radius 2 is 1.73 bits per heavy atom. The van der Waals surface area contributed by atoms with E-state index in [1.54, 1.807) is 11.1 Å². The molecule has 1 fully saturated rings. The summed E-state index contributed by atoms with van der Waals surface area (Å²) in [6.07, 6.45) is 9.85. The van der Waals surface area contributed by atoms with Crippen LogP contribution in [0.5, 0.6) is 0 Å². The van der Waals surface area contributed by atoms with Crippen LogP contribution in [0.15, 0.2) is 22.7 Å². The topological polar surface area (TPSA) is 0 Å². The fourth-order valence-corrected chi connectivity index (χ4v) is 3.94. The Kier molecular flexibility index (Phi) is 2.39. The van der Waals surface area contributed by atoms with Gasteiger partial charge in [0.25, 0.3) is 0 Å². The Hall–Kier alpha value is -0.300. The molecule has 1 heteroatoms. The molecule has 0 amide bonds. The van der Waals surface area contributed by atoms with Crippen molar-refractivity contribution in [2.24, 2.45) is 0 Å². The van der Waals surface area contributed by atoms with E-state index < -0.39 is 0 Å². The molecule has 0 saturated heterocycles. The molecule has 0 radical (unpaired) electrons. The molecule has 0 heterocycles. The summed E-state index contributed by atoms with van der Waals surface area (Å²) in [6.45, 7) is 0. The van der Waals surface area contributed by atoms with Crippen molar-refractivity contribution >= 4 is 15.9 Å². The van der Waals surface area contributed by atoms with Crippen molar-refractivity contribution in [1.82, 2.24) is 0 Å². The first-order valence-electron chi connectivity index (χ1n) is 6.09. The van der Waals surface area contributed by atoms with E-state index in [4.69, 9.17) is 0 Å². The van der Waals surface area contributed by atoms with Gasteiger partial charge >= 0.3 is 0 Å². The monoisotopic (exact) mass is 264 g/mol. The van der Waals surface area contributed by atoms with Crippen LogP contribution < -0.4 is 0 Å². The Balaban J connectivity index is 2.12. The smallest absolute Gasteiger partial charge is 0.0178 e. The van der Waals surface area contributed by atoms with Gasteiger partial charge < -0.3 is 0 Å². The number of hydrogen-bond donors (Lipinski definition) is 0. The molecular weight excluding hydrogens is 248 g/mol. The molecule has 1 aromatic carbocycles. The van der Waals surface area contributed by atoms with Gasteiger partial charge in [0.05, 0.1) is 0 Å². The van der Waals surface area contributed by atoms with E-state index in [-0.39, 0.29) is 0 Å². The van der Waals surface area contributed by atoms with Gasteiger partial charge in [-0.25, -0.2) is 0 Å². The molecule has 0 bridgehead atoms. The largest absolute Gasteiger partial charge is 0.0576 e. The summed E-state index contributed by atoms with van der Waals surface area (Å²) in [5.74, 6) is 0. The van der Waals surface area contributed by atoms with Gasteiger partial charge in [0, 0.05) is 4.47 Å². The zero-order valence-electron chi connectivity index (χ0n) is 9.06. The number of hydrogen-bond acceptors (Lipinski definition) is 0. The van der Waals surface area contributed by atoms with Crippen LogP contribution >= 0.6 is 15.9 Å². The molecule has 0 atom stereocenters. The van der Waals surface area contributed by atoms with E-state index in [0.29, 0.717) is 5.41 Å². The maximum absolute atomic E-state index is 3.62. The molecule has 2 aliphatic carbocycles. The van der Waals surface area contributed by atoms with Crippen molar-refractivity contribution in [3.63, 3.8) is 0 Å². The Morgan fingerprint density at radius 1 is 1.00 bits per heavy atom. The van der Waals surface area contributed by atoms with Crippen molar-refractivity contribution < 1.29 is 0 Å². The van der Waals surface area contributed by atoms with Gasteiger partial charge in [0.1, 0.15) is 0 Å². The van der Waals surface area contributed by atoms with Gasteiger partial charge in [-0.05, 0) is 60.8 Å². The molecule has 0 aliphatic heterocycles. The van der Waals surface area contributed by atoms with Gasteiger partial charge in [-0.1, -0.05) is 34.8 Å². The highest BCUT2D eigenvalue weighted by molar-refractivity contribution is 9.10. The highest BCUT2D eigenvalue weighted by Gasteiger charge is 2.38. The Bertz CT molecular complexity index is 375. The Morgan fingerprint density at radius 3 is 2.53 bits per heavy atom. The molecule has 0 unspecified atom stereocenters. The van der Waals surface area contributed by atoms with Crippen LogP contribution in [0.1, 0.15) is 49.7 Å². The SMILES string of the molecule is Brc1ccc2c(c1)C1(CCCC1)CCC2. The van der Waals surface area contributed by atoms with E-state index in [2.05, 4.69) is 34.1 Å². The van der Waals surface area contributed by atoms with E-state index in [1.807, 2.05) is 0 Å². The first kappa shape index (κ1) is 9.89. The molecule has 1 saturated carbocycles. The minimum Gasteiger partial charge on any atom is -0.0576 e. The summed E-state index contributed by atoms with van der Waals surface area (Å²) < 4.78 is 1.26. The molecule has 0 N–H and O–H groups in total. The van der Waals surface area contributed by atoms with Crippen molar-refractivity contribution in [3.8, 4) is 0 Å². The molecule has 2 aliphatic rings. The summed E-state index contributed by atoms with van der Waals surface area (Å²) in [7, 11) is 0. The average molecular weight is 265 g/mol. The highest BCUT2D eigenvalue weighted by atomic mass is 79.9. The van der Waals surface area contributed by atoms with Gasteiger partial charge in [-0.15, -0.1) is 0 Å². The highest BCUT2D eigenvalue weighted by Crippen LogP contribution is 2.49. The van der Waals surface area contributed by atoms with E-state index >= 15 is 0 Å². The van der Waals surface area contributed by atoms with Crippen molar-refractivity contribution in [2.75, 3.05) is 0 Å². The molecule has 15 heavy (non-hydrogen) atoms. The zero-order valence-corrected chi connectivity index (χ0v) is 10.6. The molecular formula is C14H17Br. The predicted octanol–water partition coefficient (Wildman–Crippen LogP) is 4.60. The maximum Gasteiger partial charge on any atom is 0.0178 e. The normalized spacial score (nSPS) is 23.0. The third-order valence-corrected chi connectivity index (χ3v) is 4.80. The summed E-state index contributed by atoms with van der Waals surface area (Å²) >= 11 is 3.62. The second-order valence-corrected chi connectivity index (χ2v) is 6.06. The van der Waals surface area contributed by atoms with Crippen LogP contribution in [0.2, 0.25) is 0 Å². The lowest BCUT2D eigenvalue weighted by Crippen LogP contribution is -2.27. The maximum atomic E-state index is 3.62. The van der Waals surface area contributed by atoms with E-state index in [0.717, 1.165) is 0 Å². The van der Waals surface area contributed by atoms with Crippen molar-refractivity contribution in [1.29, 1.82) is 0 Å². The molecule has 0 aromatic heterocycles. The second-order valence-electron chi connectivity index (χ2n) is 5.14. The summed E-state index contributed by atoms with van der Waals surface area (Å²) in [5, 5.41) is 0. The number of fused-ring (bicyclic) bond motifs is 2. The van der Waals surface area contributed by atoms with Crippen LogP contribution in [-0.4, -0.2) is 0 Å². The third kappa shape index (κ3) is 1.56. The third-order valence-electron chi connectivity index (χ3n) is 4.31. The molecule has 3 rings (SSSR count). The molecule has 1 spiro atoms. The van der Waals surface area contributed by atoms with Crippen molar-refractivity contribution in [3.05, 3.63) is 33.8 Å². The van der Waals surface area contributed by atoms with Crippen LogP contribution in [-0.2, 0) is 11.8 Å². The first-order valence-corrected chi connectivity index (χ1v) is 6.88. The summed E-state index contributed by atoms with van der Waals surface area (Å²) in [4.78, 5) is 0. The van der Waals surface area contributed by atoms with Gasteiger partial charge in [0.2, 0.25) is 0 Å². The van der Waals surface area contributed by atoms with Crippen LogP contribution in [0.25, 0.3) is 0 Å². The summed E-state index contributed by atoms with van der Waals surface area (Å²) in [6, 6.07) is 6.92. The lowest BCUT2D eigenvalue weighted by Gasteiger charge is -2.36. The van der Waals surface area contributed by atoms with Gasteiger partial charge in [-0.2, -0.15) is 0 Å². The molecule has 1 aromatic rings. The lowest BCUT2D eigenvalue weighted by atomic mass is 9.69. The fourth-order valence-electron chi connectivity index (χ4n) is 3.58. The first-order chi connectivity index (χ1) is 7.30. The number of benzene rings is 1. The molecule has 80 valence electrons. The average Bonchev–Trinajstić information content (AvgIpc) is 2.69. The van der Waals surface area contributed by atoms with Crippen LogP contribution in [0.3, 0.4) is 0 Å². The second kappa shape index (κ2) is 3.62. The van der Waals surface area contributed by atoms with Gasteiger partial charge in [0.15, 0.2) is 0 Å². The summed E-state index contributed by atoms with van der Waals surface area (Å²) in [5.41, 5.74) is 3.85. The fraction of sp³-hybridized carbons (Fsp3) is 0.571. The Labute approximate surface area is 100 Å². The van der Waals surface area contributed by atoms with Crippen LogP contribution in [0, 0.1) is 0 Å². The standard InChI is InChI=1S/C14H17Br/c15-12-6-5-11-4-3-9-14(13(11)10-12)7-1-2-8-14/h5-6,10H,1-4,7-9H2. The quantitative estimate of drug-likeness (QED) is 0.643. The number of halogens is 1. The van der Waals surface area contributed by atoms with Crippen molar-refractivity contribution in [2.45, 2.75) is 50.4 Å². The van der Waals surface area contributed by atoms with Gasteiger partial charge in [-0.3, -0.25) is 0 Å². The van der Waals surface area contributed by atoms with E-state index in [1.165, 1.54) is 49.4 Å². The number of aryl methyl sites for hydroxylation is 1. The minimum atomic E-state index is 0.567. The van der Waals surface area contributed by atoms with Crippen LogP contribution in [0.4, 0.5) is 0 Å². The zero-order chi connectivity index (χ0) is 10.3. The predicted molar refractivity (Wildman–Crippen MR) is 67.2 cm³/mol. The minimum absolute atomic E-state index is 0.567. The molecule has 0 nitrogen and oxygen atoms in total. The number of rotatable bonds is 0. The van der Waals surface area contributed by atoms with E-state index in [9.17, 15) is 0 Å². The lowest BCUT2D eigenvalue weighted by molar-refractivity contribution is 0.369.